The highest BCUT2D eigenvalue weighted by molar-refractivity contribution is 7.98. The summed E-state index contributed by atoms with van der Waals surface area (Å²) in [5, 5.41) is 6.54. The maximum atomic E-state index is 6.18. The Bertz CT molecular complexity index is 1050. The fourth-order valence-electron chi connectivity index (χ4n) is 2.46. The van der Waals surface area contributed by atoms with Crippen LogP contribution in [0.3, 0.4) is 0 Å². The Hall–Kier alpha value is -2.44. The molecule has 0 saturated heterocycles. The highest BCUT2D eigenvalue weighted by Gasteiger charge is 2.13. The second-order valence-electron chi connectivity index (χ2n) is 5.37. The summed E-state index contributed by atoms with van der Waals surface area (Å²) in [4.78, 5) is 13.4. The number of hydrogen-bond acceptors (Lipinski definition) is 6. The number of aryl methyl sites for hydroxylation is 1. The van der Waals surface area contributed by atoms with Crippen molar-refractivity contribution in [3.05, 3.63) is 65.3 Å². The highest BCUT2D eigenvalue weighted by Crippen LogP contribution is 2.29. The Balaban J connectivity index is 1.58. The van der Waals surface area contributed by atoms with E-state index in [9.17, 15) is 0 Å². The number of halogens is 1. The van der Waals surface area contributed by atoms with Gasteiger partial charge in [-0.3, -0.25) is 0 Å². The van der Waals surface area contributed by atoms with Gasteiger partial charge in [0.25, 0.3) is 0 Å². The van der Waals surface area contributed by atoms with Crippen LogP contribution in [0, 0.1) is 6.92 Å². The molecule has 124 valence electrons. The van der Waals surface area contributed by atoms with Crippen LogP contribution in [0.25, 0.3) is 22.3 Å². The van der Waals surface area contributed by atoms with E-state index in [-0.39, 0.29) is 0 Å². The first-order chi connectivity index (χ1) is 12.2. The van der Waals surface area contributed by atoms with Gasteiger partial charge in [0.2, 0.25) is 11.7 Å². The molecule has 0 fully saturated rings. The lowest BCUT2D eigenvalue weighted by Gasteiger charge is -2.04. The summed E-state index contributed by atoms with van der Waals surface area (Å²) < 4.78 is 5.35. The van der Waals surface area contributed by atoms with Crippen LogP contribution in [0.5, 0.6) is 0 Å². The molecule has 2 heterocycles. The second-order valence-corrected chi connectivity index (χ2v) is 6.74. The third-order valence-corrected chi connectivity index (χ3v) is 4.90. The van der Waals surface area contributed by atoms with Crippen molar-refractivity contribution in [1.82, 2.24) is 20.1 Å². The number of nitrogens with zero attached hydrogens (tertiary/aromatic N) is 4. The summed E-state index contributed by atoms with van der Waals surface area (Å²) in [6, 6.07) is 15.4. The Morgan fingerprint density at radius 2 is 1.80 bits per heavy atom. The third kappa shape index (κ3) is 3.36. The van der Waals surface area contributed by atoms with E-state index >= 15 is 0 Å². The summed E-state index contributed by atoms with van der Waals surface area (Å²) in [6.45, 7) is 1.89. The largest absolute Gasteiger partial charge is 0.338 e. The Morgan fingerprint density at radius 1 is 1.00 bits per heavy atom. The van der Waals surface area contributed by atoms with Gasteiger partial charge in [0.1, 0.15) is 10.9 Å². The number of aromatic nitrogens is 4. The van der Waals surface area contributed by atoms with E-state index in [0.717, 1.165) is 27.3 Å². The Kier molecular flexibility index (Phi) is 4.38. The van der Waals surface area contributed by atoms with Crippen molar-refractivity contribution in [2.24, 2.45) is 0 Å². The first kappa shape index (κ1) is 16.1. The van der Waals surface area contributed by atoms with Crippen molar-refractivity contribution in [3.63, 3.8) is 0 Å². The molecule has 7 heteroatoms. The van der Waals surface area contributed by atoms with Crippen LogP contribution < -0.4 is 0 Å². The van der Waals surface area contributed by atoms with Crippen LogP contribution >= 0.6 is 23.4 Å². The molecule has 0 bridgehead atoms. The zero-order valence-corrected chi connectivity index (χ0v) is 14.9. The second kappa shape index (κ2) is 6.82. The number of para-hydroxylation sites is 1. The van der Waals surface area contributed by atoms with Gasteiger partial charge in [0, 0.05) is 10.9 Å². The molecule has 25 heavy (non-hydrogen) atoms. The number of benzene rings is 2. The van der Waals surface area contributed by atoms with Crippen molar-refractivity contribution >= 4 is 34.3 Å². The molecule has 0 aliphatic rings. The lowest BCUT2D eigenvalue weighted by molar-refractivity contribution is 0.391. The van der Waals surface area contributed by atoms with Crippen molar-refractivity contribution in [3.8, 4) is 11.4 Å². The molecule has 4 rings (SSSR count). The maximum Gasteiger partial charge on any atom is 0.237 e. The Morgan fingerprint density at radius 3 is 2.68 bits per heavy atom. The van der Waals surface area contributed by atoms with Gasteiger partial charge in [-0.1, -0.05) is 58.9 Å². The molecule has 0 spiro atoms. The molecule has 0 aliphatic heterocycles. The van der Waals surface area contributed by atoms with Crippen LogP contribution in [0.4, 0.5) is 0 Å². The standard InChI is InChI=1S/C18H13ClN4OS/c1-11-20-15-9-5-3-7-13(15)18(21-11)25-10-16-22-17(23-24-16)12-6-2-4-8-14(12)19/h2-9H,10H2,1H3. The fourth-order valence-corrected chi connectivity index (χ4v) is 3.59. The van der Waals surface area contributed by atoms with E-state index < -0.39 is 0 Å². The first-order valence-corrected chi connectivity index (χ1v) is 9.01. The van der Waals surface area contributed by atoms with E-state index in [1.165, 1.54) is 0 Å². The monoisotopic (exact) mass is 368 g/mol. The van der Waals surface area contributed by atoms with Gasteiger partial charge in [-0.05, 0) is 25.1 Å². The van der Waals surface area contributed by atoms with Crippen molar-refractivity contribution in [1.29, 1.82) is 0 Å². The van der Waals surface area contributed by atoms with Crippen molar-refractivity contribution in [2.45, 2.75) is 17.7 Å². The minimum absolute atomic E-state index is 0.491. The molecule has 2 aromatic carbocycles. The summed E-state index contributed by atoms with van der Waals surface area (Å²) in [5.74, 6) is 2.28. The molecular formula is C18H13ClN4OS. The average Bonchev–Trinajstić information content (AvgIpc) is 3.08. The Labute approximate surface area is 153 Å². The molecule has 0 atom stereocenters. The van der Waals surface area contributed by atoms with Crippen molar-refractivity contribution in [2.75, 3.05) is 0 Å². The van der Waals surface area contributed by atoms with Crippen LogP contribution in [-0.2, 0) is 5.75 Å². The fraction of sp³-hybridized carbons (Fsp3) is 0.111. The molecule has 0 amide bonds. The molecule has 0 unspecified atom stereocenters. The van der Waals surface area contributed by atoms with E-state index in [2.05, 4.69) is 20.1 Å². The molecular weight excluding hydrogens is 356 g/mol. The molecule has 0 saturated carbocycles. The summed E-state index contributed by atoms with van der Waals surface area (Å²) in [5.41, 5.74) is 1.69. The zero-order chi connectivity index (χ0) is 17.2. The molecule has 4 aromatic rings. The molecule has 0 aliphatic carbocycles. The van der Waals surface area contributed by atoms with Crippen LogP contribution in [-0.4, -0.2) is 20.1 Å². The van der Waals surface area contributed by atoms with E-state index in [4.69, 9.17) is 16.1 Å². The van der Waals surface area contributed by atoms with Gasteiger partial charge in [0.05, 0.1) is 16.3 Å². The normalized spacial score (nSPS) is 11.1. The molecule has 0 N–H and O–H groups in total. The molecule has 5 nitrogen and oxygen atoms in total. The van der Waals surface area contributed by atoms with E-state index in [0.29, 0.717) is 22.5 Å². The van der Waals surface area contributed by atoms with Gasteiger partial charge < -0.3 is 4.52 Å². The van der Waals surface area contributed by atoms with E-state index in [1.54, 1.807) is 17.8 Å². The molecule has 2 aromatic heterocycles. The predicted octanol–water partition coefficient (Wildman–Crippen LogP) is 4.93. The number of hydrogen-bond donors (Lipinski definition) is 0. The first-order valence-electron chi connectivity index (χ1n) is 7.64. The van der Waals surface area contributed by atoms with Crippen LogP contribution in [0.15, 0.2) is 58.1 Å². The average molecular weight is 369 g/mol. The van der Waals surface area contributed by atoms with Crippen LogP contribution in [0.1, 0.15) is 11.7 Å². The lowest BCUT2D eigenvalue weighted by Crippen LogP contribution is -1.93. The third-order valence-electron chi connectivity index (χ3n) is 3.60. The summed E-state index contributed by atoms with van der Waals surface area (Å²) >= 11 is 7.73. The lowest BCUT2D eigenvalue weighted by atomic mass is 10.2. The highest BCUT2D eigenvalue weighted by atomic mass is 35.5. The smallest absolute Gasteiger partial charge is 0.237 e. The summed E-state index contributed by atoms with van der Waals surface area (Å²) in [7, 11) is 0. The number of fused-ring (bicyclic) bond motifs is 1. The van der Waals surface area contributed by atoms with Gasteiger partial charge in [-0.2, -0.15) is 4.98 Å². The zero-order valence-electron chi connectivity index (χ0n) is 13.3. The van der Waals surface area contributed by atoms with Gasteiger partial charge >= 0.3 is 0 Å². The molecule has 0 radical (unpaired) electrons. The minimum atomic E-state index is 0.491. The predicted molar refractivity (Wildman–Crippen MR) is 98.6 cm³/mol. The van der Waals surface area contributed by atoms with Gasteiger partial charge in [-0.15, -0.1) is 0 Å². The quantitative estimate of drug-likeness (QED) is 0.375. The van der Waals surface area contributed by atoms with Gasteiger partial charge in [0.15, 0.2) is 0 Å². The van der Waals surface area contributed by atoms with Crippen molar-refractivity contribution < 1.29 is 4.52 Å². The van der Waals surface area contributed by atoms with Gasteiger partial charge in [-0.25, -0.2) is 9.97 Å². The van der Waals surface area contributed by atoms with Crippen LogP contribution in [0.2, 0.25) is 5.02 Å². The SMILES string of the molecule is Cc1nc(SCc2nc(-c3ccccc3Cl)no2)c2ccccc2n1. The van der Waals surface area contributed by atoms with E-state index in [1.807, 2.05) is 49.4 Å². The number of rotatable bonds is 4. The number of thioether (sulfide) groups is 1. The topological polar surface area (TPSA) is 64.7 Å². The minimum Gasteiger partial charge on any atom is -0.338 e. The maximum absolute atomic E-state index is 6.18. The summed E-state index contributed by atoms with van der Waals surface area (Å²) in [6.07, 6.45) is 0.